The number of piperidine rings is 1. The van der Waals surface area contributed by atoms with E-state index in [1.54, 1.807) is 7.11 Å². The van der Waals surface area contributed by atoms with Gasteiger partial charge in [-0.15, -0.1) is 0 Å². The predicted molar refractivity (Wildman–Crippen MR) is 72.4 cm³/mol. The molecular formula is C15H25NO3. The molecule has 0 aromatic carbocycles. The highest BCUT2D eigenvalue weighted by Gasteiger charge is 2.53. The molecule has 1 saturated heterocycles. The van der Waals surface area contributed by atoms with Crippen LogP contribution >= 0.6 is 0 Å². The minimum atomic E-state index is -0.330. The number of hydrogen-bond acceptors (Lipinski definition) is 3. The molecule has 0 radical (unpaired) electrons. The number of carbonyl (C=O) groups is 2. The molecule has 1 N–H and O–H groups in total. The normalized spacial score (nSPS) is 32.9. The monoisotopic (exact) mass is 267 g/mol. The summed E-state index contributed by atoms with van der Waals surface area (Å²) in [6.45, 7) is 4.70. The van der Waals surface area contributed by atoms with Gasteiger partial charge in [0.1, 0.15) is 0 Å². The smallest absolute Gasteiger partial charge is 0.230 e. The van der Waals surface area contributed by atoms with Gasteiger partial charge in [-0.25, -0.2) is 0 Å². The third kappa shape index (κ3) is 2.55. The van der Waals surface area contributed by atoms with Crippen molar-refractivity contribution < 1.29 is 14.3 Å². The fourth-order valence-electron chi connectivity index (χ4n) is 4.04. The second kappa shape index (κ2) is 5.61. The van der Waals surface area contributed by atoms with Gasteiger partial charge >= 0.3 is 0 Å². The van der Waals surface area contributed by atoms with Gasteiger partial charge in [0.05, 0.1) is 6.61 Å². The lowest BCUT2D eigenvalue weighted by Crippen LogP contribution is -2.58. The Morgan fingerprint density at radius 2 is 1.95 bits per heavy atom. The van der Waals surface area contributed by atoms with Crippen molar-refractivity contribution >= 4 is 11.8 Å². The Morgan fingerprint density at radius 3 is 2.47 bits per heavy atom. The number of amides is 2. The van der Waals surface area contributed by atoms with Crippen molar-refractivity contribution in [2.45, 2.75) is 46.0 Å². The highest BCUT2D eigenvalue weighted by molar-refractivity contribution is 6.00. The molecule has 4 nitrogen and oxygen atoms in total. The molecule has 1 aliphatic heterocycles. The number of rotatable bonds is 4. The van der Waals surface area contributed by atoms with Crippen molar-refractivity contribution in [1.29, 1.82) is 0 Å². The SMILES string of the molecule is COCC1(C(C)C)CC(=O)NC(=O)C1C1CCCC1. The first kappa shape index (κ1) is 14.5. The Kier molecular flexibility index (Phi) is 4.29. The van der Waals surface area contributed by atoms with Gasteiger partial charge in [-0.2, -0.15) is 0 Å². The molecule has 0 bridgehead atoms. The fraction of sp³-hybridized carbons (Fsp3) is 0.867. The van der Waals surface area contributed by atoms with E-state index in [0.717, 1.165) is 12.8 Å². The third-order valence-electron chi connectivity index (χ3n) is 5.09. The van der Waals surface area contributed by atoms with Gasteiger partial charge in [-0.05, 0) is 24.7 Å². The highest BCUT2D eigenvalue weighted by atomic mass is 16.5. The Labute approximate surface area is 115 Å². The topological polar surface area (TPSA) is 55.4 Å². The summed E-state index contributed by atoms with van der Waals surface area (Å²) in [6.07, 6.45) is 5.01. The number of methoxy groups -OCH3 is 1. The maximum Gasteiger partial charge on any atom is 0.230 e. The van der Waals surface area contributed by atoms with Crippen molar-refractivity contribution in [3.05, 3.63) is 0 Å². The van der Waals surface area contributed by atoms with E-state index in [0.29, 0.717) is 18.9 Å². The standard InChI is InChI=1S/C15H25NO3/c1-10(2)15(9-19-3)8-12(17)16-14(18)13(15)11-6-4-5-7-11/h10-11,13H,4-9H2,1-3H3,(H,16,17,18). The molecule has 108 valence electrons. The van der Waals surface area contributed by atoms with Crippen LogP contribution in [0.15, 0.2) is 0 Å². The van der Waals surface area contributed by atoms with Crippen LogP contribution in [0, 0.1) is 23.2 Å². The summed E-state index contributed by atoms with van der Waals surface area (Å²) in [5.74, 6) is 0.366. The van der Waals surface area contributed by atoms with E-state index in [4.69, 9.17) is 4.74 Å². The quantitative estimate of drug-likeness (QED) is 0.794. The van der Waals surface area contributed by atoms with Crippen molar-refractivity contribution in [1.82, 2.24) is 5.32 Å². The first-order chi connectivity index (χ1) is 9.01. The van der Waals surface area contributed by atoms with Crippen molar-refractivity contribution in [2.75, 3.05) is 13.7 Å². The number of hydrogen-bond donors (Lipinski definition) is 1. The lowest BCUT2D eigenvalue weighted by molar-refractivity contribution is -0.153. The number of nitrogens with one attached hydrogen (secondary N) is 1. The van der Waals surface area contributed by atoms with Gasteiger partial charge in [0, 0.05) is 24.9 Å². The second-order valence-electron chi connectivity index (χ2n) is 6.43. The van der Waals surface area contributed by atoms with Crippen LogP contribution < -0.4 is 5.32 Å². The maximum absolute atomic E-state index is 12.4. The lowest BCUT2D eigenvalue weighted by Gasteiger charge is -2.47. The van der Waals surface area contributed by atoms with E-state index in [9.17, 15) is 9.59 Å². The zero-order valence-electron chi connectivity index (χ0n) is 12.2. The first-order valence-electron chi connectivity index (χ1n) is 7.34. The zero-order valence-corrected chi connectivity index (χ0v) is 12.2. The van der Waals surface area contributed by atoms with Crippen molar-refractivity contribution in [2.24, 2.45) is 23.2 Å². The largest absolute Gasteiger partial charge is 0.384 e. The van der Waals surface area contributed by atoms with Gasteiger partial charge in [0.25, 0.3) is 0 Å². The van der Waals surface area contributed by atoms with Gasteiger partial charge in [-0.3, -0.25) is 14.9 Å². The van der Waals surface area contributed by atoms with Crippen molar-refractivity contribution in [3.63, 3.8) is 0 Å². The van der Waals surface area contributed by atoms with E-state index in [2.05, 4.69) is 19.2 Å². The summed E-state index contributed by atoms with van der Waals surface area (Å²) >= 11 is 0. The Morgan fingerprint density at radius 1 is 1.32 bits per heavy atom. The average Bonchev–Trinajstić information content (AvgIpc) is 2.81. The summed E-state index contributed by atoms with van der Waals surface area (Å²) in [6, 6.07) is 0. The highest BCUT2D eigenvalue weighted by Crippen LogP contribution is 2.49. The molecule has 2 atom stereocenters. The van der Waals surface area contributed by atoms with Crippen LogP contribution in [0.3, 0.4) is 0 Å². The van der Waals surface area contributed by atoms with Gasteiger partial charge < -0.3 is 4.74 Å². The van der Waals surface area contributed by atoms with E-state index in [1.807, 2.05) is 0 Å². The van der Waals surface area contributed by atoms with Crippen LogP contribution in [0.2, 0.25) is 0 Å². The summed E-state index contributed by atoms with van der Waals surface area (Å²) in [7, 11) is 1.66. The molecular weight excluding hydrogens is 242 g/mol. The minimum absolute atomic E-state index is 0.0751. The molecule has 0 spiro atoms. The molecule has 4 heteroatoms. The lowest BCUT2D eigenvalue weighted by atomic mass is 9.59. The molecule has 0 aromatic heterocycles. The molecule has 0 aromatic rings. The maximum atomic E-state index is 12.4. The molecule has 2 rings (SSSR count). The van der Waals surface area contributed by atoms with Crippen LogP contribution in [-0.2, 0) is 14.3 Å². The Bertz CT molecular complexity index is 360. The van der Waals surface area contributed by atoms with Crippen LogP contribution in [0.4, 0.5) is 0 Å². The third-order valence-corrected chi connectivity index (χ3v) is 5.09. The van der Waals surface area contributed by atoms with Crippen LogP contribution in [-0.4, -0.2) is 25.5 Å². The van der Waals surface area contributed by atoms with Gasteiger partial charge in [0.2, 0.25) is 11.8 Å². The summed E-state index contributed by atoms with van der Waals surface area (Å²) in [4.78, 5) is 24.2. The van der Waals surface area contributed by atoms with E-state index >= 15 is 0 Å². The van der Waals surface area contributed by atoms with E-state index < -0.39 is 0 Å². The first-order valence-corrected chi connectivity index (χ1v) is 7.34. The second-order valence-corrected chi connectivity index (χ2v) is 6.43. The van der Waals surface area contributed by atoms with Gasteiger partial charge in [-0.1, -0.05) is 26.7 Å². The Balaban J connectivity index is 2.36. The number of carbonyl (C=O) groups excluding carboxylic acids is 2. The van der Waals surface area contributed by atoms with Crippen LogP contribution in [0.25, 0.3) is 0 Å². The average molecular weight is 267 g/mol. The van der Waals surface area contributed by atoms with Gasteiger partial charge in [0.15, 0.2) is 0 Å². The molecule has 19 heavy (non-hydrogen) atoms. The van der Waals surface area contributed by atoms with E-state index in [-0.39, 0.29) is 29.1 Å². The summed E-state index contributed by atoms with van der Waals surface area (Å²) < 4.78 is 5.40. The number of ether oxygens (including phenoxy) is 1. The summed E-state index contributed by atoms with van der Waals surface area (Å²) in [5, 5.41) is 2.54. The molecule has 2 unspecified atom stereocenters. The van der Waals surface area contributed by atoms with Crippen molar-refractivity contribution in [3.8, 4) is 0 Å². The van der Waals surface area contributed by atoms with Crippen LogP contribution in [0.5, 0.6) is 0 Å². The molecule has 2 aliphatic rings. The predicted octanol–water partition coefficient (Wildman–Crippen LogP) is 2.13. The van der Waals surface area contributed by atoms with E-state index in [1.165, 1.54) is 12.8 Å². The summed E-state index contributed by atoms with van der Waals surface area (Å²) in [5.41, 5.74) is -0.330. The molecule has 1 aliphatic carbocycles. The number of imide groups is 1. The molecule has 2 fully saturated rings. The fourth-order valence-corrected chi connectivity index (χ4v) is 4.04. The molecule has 2 amide bonds. The zero-order chi connectivity index (χ0) is 14.0. The van der Waals surface area contributed by atoms with Crippen LogP contribution in [0.1, 0.15) is 46.0 Å². The molecule has 1 saturated carbocycles. The molecule has 1 heterocycles. The Hall–Kier alpha value is -0.900. The minimum Gasteiger partial charge on any atom is -0.384 e.